The molecule has 0 aliphatic rings. The second-order valence-corrected chi connectivity index (χ2v) is 5.36. The van der Waals surface area contributed by atoms with E-state index >= 15 is 0 Å². The number of amides is 2. The van der Waals surface area contributed by atoms with E-state index in [-0.39, 0.29) is 12.5 Å². The third-order valence-corrected chi connectivity index (χ3v) is 2.97. The van der Waals surface area contributed by atoms with Gasteiger partial charge in [-0.15, -0.1) is 0 Å². The average molecular weight is 310 g/mol. The Morgan fingerprint density at radius 2 is 2.05 bits per heavy atom. The molecule has 0 fully saturated rings. The van der Waals surface area contributed by atoms with Gasteiger partial charge in [-0.05, 0) is 19.3 Å². The van der Waals surface area contributed by atoms with Crippen LogP contribution in [0, 0.1) is 5.92 Å². The van der Waals surface area contributed by atoms with Gasteiger partial charge in [-0.3, -0.25) is 14.3 Å². The molecular weight excluding hydrogens is 288 g/mol. The molecule has 8 nitrogen and oxygen atoms in total. The summed E-state index contributed by atoms with van der Waals surface area (Å²) >= 11 is 0. The Labute approximate surface area is 128 Å². The van der Waals surface area contributed by atoms with E-state index in [1.165, 1.54) is 6.20 Å². The number of nitrogens with one attached hydrogen (secondary N) is 2. The van der Waals surface area contributed by atoms with E-state index in [9.17, 15) is 14.4 Å². The Kier molecular flexibility index (Phi) is 6.55. The molecule has 0 aliphatic heterocycles. The lowest BCUT2D eigenvalue weighted by atomic mass is 10.0. The first-order valence-corrected chi connectivity index (χ1v) is 7.16. The molecule has 1 rings (SSSR count). The van der Waals surface area contributed by atoms with Crippen LogP contribution in [0.4, 0.5) is 0 Å². The Morgan fingerprint density at radius 3 is 2.55 bits per heavy atom. The Morgan fingerprint density at radius 1 is 1.36 bits per heavy atom. The van der Waals surface area contributed by atoms with Crippen molar-refractivity contribution in [3.63, 3.8) is 0 Å². The maximum atomic E-state index is 11.8. The number of carbonyl (C=O) groups excluding carboxylic acids is 2. The third kappa shape index (κ3) is 5.55. The van der Waals surface area contributed by atoms with Gasteiger partial charge in [-0.1, -0.05) is 13.8 Å². The normalized spacial score (nSPS) is 12.0. The Balaban J connectivity index is 2.47. The van der Waals surface area contributed by atoms with Crippen LogP contribution >= 0.6 is 0 Å². The van der Waals surface area contributed by atoms with E-state index in [4.69, 9.17) is 5.11 Å². The molecule has 0 bridgehead atoms. The molecule has 3 N–H and O–H groups in total. The summed E-state index contributed by atoms with van der Waals surface area (Å²) in [5.41, 5.74) is 0.353. The van der Waals surface area contributed by atoms with Gasteiger partial charge in [0.15, 0.2) is 0 Å². The molecule has 0 spiro atoms. The first-order chi connectivity index (χ1) is 10.3. The van der Waals surface area contributed by atoms with Crippen molar-refractivity contribution in [2.45, 2.75) is 39.8 Å². The SMILES string of the molecule is CCn1cc(C(=O)NCC(=O)N[C@@H](CC(C)C)C(=O)O)cn1. The largest absolute Gasteiger partial charge is 0.480 e. The zero-order chi connectivity index (χ0) is 16.7. The zero-order valence-electron chi connectivity index (χ0n) is 13.0. The molecular formula is C14H22N4O4. The molecule has 1 heterocycles. The number of carbonyl (C=O) groups is 3. The number of carboxylic acids is 1. The monoisotopic (exact) mass is 310 g/mol. The summed E-state index contributed by atoms with van der Waals surface area (Å²) in [6.45, 7) is 5.99. The van der Waals surface area contributed by atoms with E-state index < -0.39 is 23.8 Å². The smallest absolute Gasteiger partial charge is 0.326 e. The van der Waals surface area contributed by atoms with Crippen LogP contribution in [0.25, 0.3) is 0 Å². The van der Waals surface area contributed by atoms with Crippen LogP contribution in [0.1, 0.15) is 37.6 Å². The molecule has 0 saturated heterocycles. The van der Waals surface area contributed by atoms with Crippen molar-refractivity contribution in [1.82, 2.24) is 20.4 Å². The minimum atomic E-state index is -1.09. The lowest BCUT2D eigenvalue weighted by Gasteiger charge is -2.16. The van der Waals surface area contributed by atoms with Crippen LogP contribution < -0.4 is 10.6 Å². The van der Waals surface area contributed by atoms with Crippen LogP contribution in [-0.2, 0) is 16.1 Å². The number of carboxylic acid groups (broad SMARTS) is 1. The van der Waals surface area contributed by atoms with Crippen LogP contribution in [0.2, 0.25) is 0 Å². The van der Waals surface area contributed by atoms with Crippen LogP contribution in [-0.4, -0.2) is 45.3 Å². The molecule has 0 saturated carbocycles. The van der Waals surface area contributed by atoms with Crippen molar-refractivity contribution in [2.24, 2.45) is 5.92 Å². The molecule has 0 aliphatic carbocycles. The summed E-state index contributed by atoms with van der Waals surface area (Å²) in [5.74, 6) is -1.91. The maximum Gasteiger partial charge on any atom is 0.326 e. The van der Waals surface area contributed by atoms with E-state index in [1.807, 2.05) is 20.8 Å². The van der Waals surface area contributed by atoms with Crippen LogP contribution in [0.5, 0.6) is 0 Å². The topological polar surface area (TPSA) is 113 Å². The Bertz CT molecular complexity index is 539. The minimum Gasteiger partial charge on any atom is -0.480 e. The first kappa shape index (κ1) is 17.7. The number of hydrogen-bond donors (Lipinski definition) is 3. The zero-order valence-corrected chi connectivity index (χ0v) is 13.0. The predicted molar refractivity (Wildman–Crippen MR) is 79.3 cm³/mol. The standard InChI is InChI=1S/C14H22N4O4/c1-4-18-8-10(6-16-18)13(20)15-7-12(19)17-11(14(21)22)5-9(2)3/h6,8-9,11H,4-5,7H2,1-3H3,(H,15,20)(H,17,19)(H,21,22)/t11-/m0/s1. The highest BCUT2D eigenvalue weighted by molar-refractivity contribution is 5.96. The van der Waals surface area contributed by atoms with Crippen molar-refractivity contribution in [2.75, 3.05) is 6.54 Å². The number of aliphatic carboxylic acids is 1. The molecule has 0 radical (unpaired) electrons. The highest BCUT2D eigenvalue weighted by Crippen LogP contribution is 2.04. The molecule has 22 heavy (non-hydrogen) atoms. The predicted octanol–water partition coefficient (Wildman–Crippen LogP) is 0.248. The summed E-state index contributed by atoms with van der Waals surface area (Å²) < 4.78 is 1.60. The highest BCUT2D eigenvalue weighted by Gasteiger charge is 2.21. The number of hydrogen-bond acceptors (Lipinski definition) is 4. The lowest BCUT2D eigenvalue weighted by molar-refractivity contribution is -0.142. The van der Waals surface area contributed by atoms with E-state index in [2.05, 4.69) is 15.7 Å². The summed E-state index contributed by atoms with van der Waals surface area (Å²) in [7, 11) is 0. The maximum absolute atomic E-state index is 11.8. The molecule has 0 aromatic carbocycles. The Hall–Kier alpha value is -2.38. The van der Waals surface area contributed by atoms with Gasteiger partial charge < -0.3 is 15.7 Å². The van der Waals surface area contributed by atoms with Crippen molar-refractivity contribution in [3.8, 4) is 0 Å². The van der Waals surface area contributed by atoms with Crippen molar-refractivity contribution >= 4 is 17.8 Å². The van der Waals surface area contributed by atoms with Gasteiger partial charge in [0.05, 0.1) is 18.3 Å². The second-order valence-electron chi connectivity index (χ2n) is 5.36. The van der Waals surface area contributed by atoms with Gasteiger partial charge in [0, 0.05) is 12.7 Å². The van der Waals surface area contributed by atoms with Crippen molar-refractivity contribution < 1.29 is 19.5 Å². The fourth-order valence-electron chi connectivity index (χ4n) is 1.85. The number of aryl methyl sites for hydroxylation is 1. The molecule has 1 atom stereocenters. The van der Waals surface area contributed by atoms with Crippen LogP contribution in [0.15, 0.2) is 12.4 Å². The molecule has 1 aromatic heterocycles. The first-order valence-electron chi connectivity index (χ1n) is 7.16. The fraction of sp³-hybridized carbons (Fsp3) is 0.571. The number of nitrogens with zero attached hydrogens (tertiary/aromatic N) is 2. The summed E-state index contributed by atoms with van der Waals surface area (Å²) in [5, 5.41) is 17.8. The fourth-order valence-corrected chi connectivity index (χ4v) is 1.85. The summed E-state index contributed by atoms with van der Waals surface area (Å²) in [6, 6.07) is -0.952. The van der Waals surface area contributed by atoms with Crippen LogP contribution in [0.3, 0.4) is 0 Å². The average Bonchev–Trinajstić information content (AvgIpc) is 2.92. The molecule has 2 amide bonds. The summed E-state index contributed by atoms with van der Waals surface area (Å²) in [6.07, 6.45) is 3.32. The number of aromatic nitrogens is 2. The van der Waals surface area contributed by atoms with Gasteiger partial charge in [0.1, 0.15) is 6.04 Å². The molecule has 122 valence electrons. The third-order valence-electron chi connectivity index (χ3n) is 2.97. The second kappa shape index (κ2) is 8.16. The van der Waals surface area contributed by atoms with Gasteiger partial charge >= 0.3 is 5.97 Å². The highest BCUT2D eigenvalue weighted by atomic mass is 16.4. The molecule has 1 aromatic rings. The molecule has 0 unspecified atom stereocenters. The van der Waals surface area contributed by atoms with Crippen molar-refractivity contribution in [3.05, 3.63) is 18.0 Å². The van der Waals surface area contributed by atoms with Gasteiger partial charge in [-0.25, -0.2) is 4.79 Å². The lowest BCUT2D eigenvalue weighted by Crippen LogP contribution is -2.46. The van der Waals surface area contributed by atoms with Gasteiger partial charge in [-0.2, -0.15) is 5.10 Å². The van der Waals surface area contributed by atoms with E-state index in [0.717, 1.165) is 0 Å². The quantitative estimate of drug-likeness (QED) is 0.637. The minimum absolute atomic E-state index is 0.135. The summed E-state index contributed by atoms with van der Waals surface area (Å²) in [4.78, 5) is 34.6. The van der Waals surface area contributed by atoms with E-state index in [1.54, 1.807) is 10.9 Å². The van der Waals surface area contributed by atoms with E-state index in [0.29, 0.717) is 18.5 Å². The van der Waals surface area contributed by atoms with Gasteiger partial charge in [0.2, 0.25) is 5.91 Å². The molecule has 8 heteroatoms. The van der Waals surface area contributed by atoms with Gasteiger partial charge in [0.25, 0.3) is 5.91 Å². The van der Waals surface area contributed by atoms with Crippen molar-refractivity contribution in [1.29, 1.82) is 0 Å². The number of rotatable bonds is 8.